The van der Waals surface area contributed by atoms with Crippen LogP contribution >= 0.6 is 0 Å². The van der Waals surface area contributed by atoms with Crippen molar-refractivity contribution in [3.05, 3.63) is 48.0 Å². The molecule has 170 valence electrons. The van der Waals surface area contributed by atoms with Crippen molar-refractivity contribution in [1.29, 1.82) is 0 Å². The molecular formula is C28H48OSi. The van der Waals surface area contributed by atoms with Crippen molar-refractivity contribution < 1.29 is 4.43 Å². The lowest BCUT2D eigenvalue weighted by Crippen LogP contribution is -2.35. The van der Waals surface area contributed by atoms with Gasteiger partial charge in [0.15, 0.2) is 8.32 Å². The van der Waals surface area contributed by atoms with E-state index in [0.29, 0.717) is 12.0 Å². The zero-order chi connectivity index (χ0) is 22.0. The first-order chi connectivity index (χ1) is 14.3. The predicted octanol–water partition coefficient (Wildman–Crippen LogP) is 8.66. The summed E-state index contributed by atoms with van der Waals surface area (Å²) in [5, 5.41) is 0. The fourth-order valence-electron chi connectivity index (χ4n) is 5.20. The van der Waals surface area contributed by atoms with Crippen LogP contribution in [-0.2, 0) is 10.8 Å². The molecule has 30 heavy (non-hydrogen) atoms. The molecule has 0 bridgehead atoms. The van der Waals surface area contributed by atoms with Gasteiger partial charge in [0.25, 0.3) is 0 Å². The molecule has 1 fully saturated rings. The maximum Gasteiger partial charge on any atom is 0.184 e. The Hall–Kier alpha value is -0.863. The highest BCUT2D eigenvalue weighted by atomic mass is 28.4. The largest absolute Gasteiger partial charge is 0.414 e. The Morgan fingerprint density at radius 2 is 1.80 bits per heavy atom. The number of unbranched alkanes of at least 4 members (excludes halogenated alkanes) is 2. The molecule has 0 aromatic heterocycles. The molecule has 1 unspecified atom stereocenters. The molecule has 0 heterocycles. The van der Waals surface area contributed by atoms with Gasteiger partial charge in [-0.25, -0.2) is 0 Å². The van der Waals surface area contributed by atoms with E-state index in [0.717, 1.165) is 17.8 Å². The standard InChI is InChI=1S/C28H48OSi/c1-7-8-9-10-14-17-27-26(24(3)22-28(27)29-30(4,5)6)21-19-23(2)18-20-25-15-12-11-13-16-25/h10-16,23-24,26-28H,7-9,17-22H2,1-6H3/b14-10-/t23-,24+,26-,27?,28-/m0/s1. The van der Waals surface area contributed by atoms with Crippen molar-refractivity contribution in [3.8, 4) is 0 Å². The second-order valence-electron chi connectivity index (χ2n) is 10.9. The molecule has 1 aromatic carbocycles. The average molecular weight is 429 g/mol. The number of rotatable bonds is 13. The van der Waals surface area contributed by atoms with E-state index in [4.69, 9.17) is 4.43 Å². The molecule has 0 N–H and O–H groups in total. The third kappa shape index (κ3) is 9.10. The molecule has 2 rings (SSSR count). The second-order valence-corrected chi connectivity index (χ2v) is 15.3. The molecule has 0 amide bonds. The van der Waals surface area contributed by atoms with Crippen molar-refractivity contribution in [1.82, 2.24) is 0 Å². The molecule has 0 aliphatic heterocycles. The van der Waals surface area contributed by atoms with E-state index in [-0.39, 0.29) is 0 Å². The average Bonchev–Trinajstić information content (AvgIpc) is 2.98. The van der Waals surface area contributed by atoms with Crippen molar-refractivity contribution in [2.45, 2.75) is 104 Å². The Kier molecular flexibility index (Phi) is 10.9. The minimum Gasteiger partial charge on any atom is -0.414 e. The molecule has 2 heteroatoms. The normalized spacial score (nSPS) is 25.8. The summed E-state index contributed by atoms with van der Waals surface area (Å²) in [6, 6.07) is 11.0. The zero-order valence-corrected chi connectivity index (χ0v) is 21.7. The number of benzene rings is 1. The Morgan fingerprint density at radius 3 is 2.47 bits per heavy atom. The van der Waals surface area contributed by atoms with E-state index in [1.807, 2.05) is 0 Å². The lowest BCUT2D eigenvalue weighted by molar-refractivity contribution is 0.132. The third-order valence-electron chi connectivity index (χ3n) is 6.93. The van der Waals surface area contributed by atoms with Crippen LogP contribution in [0.25, 0.3) is 0 Å². The smallest absolute Gasteiger partial charge is 0.184 e. The molecule has 1 nitrogen and oxygen atoms in total. The summed E-state index contributed by atoms with van der Waals surface area (Å²) in [6.45, 7) is 14.3. The summed E-state index contributed by atoms with van der Waals surface area (Å²) in [4.78, 5) is 0. The van der Waals surface area contributed by atoms with Crippen molar-refractivity contribution in [2.24, 2.45) is 23.7 Å². The van der Waals surface area contributed by atoms with Crippen LogP contribution in [0.15, 0.2) is 42.5 Å². The van der Waals surface area contributed by atoms with Crippen LogP contribution in [0.2, 0.25) is 19.6 Å². The fourth-order valence-corrected chi connectivity index (χ4v) is 6.38. The molecule has 5 atom stereocenters. The predicted molar refractivity (Wildman–Crippen MR) is 135 cm³/mol. The maximum atomic E-state index is 6.71. The number of aryl methyl sites for hydroxylation is 1. The van der Waals surface area contributed by atoms with Gasteiger partial charge in [0.05, 0.1) is 0 Å². The molecule has 0 spiro atoms. The lowest BCUT2D eigenvalue weighted by Gasteiger charge is -2.30. The van der Waals surface area contributed by atoms with Crippen LogP contribution in [0.3, 0.4) is 0 Å². The number of allylic oxidation sites excluding steroid dienone is 2. The summed E-state index contributed by atoms with van der Waals surface area (Å²) in [5.41, 5.74) is 1.48. The first-order valence-electron chi connectivity index (χ1n) is 12.7. The minimum atomic E-state index is -1.50. The lowest BCUT2D eigenvalue weighted by atomic mass is 9.81. The highest BCUT2D eigenvalue weighted by Gasteiger charge is 2.42. The van der Waals surface area contributed by atoms with Gasteiger partial charge in [0.2, 0.25) is 0 Å². The molecule has 0 saturated heterocycles. The Bertz CT molecular complexity index is 603. The Labute approximate surface area is 188 Å². The van der Waals surface area contributed by atoms with E-state index in [2.05, 4.69) is 82.9 Å². The van der Waals surface area contributed by atoms with E-state index in [1.54, 1.807) is 0 Å². The van der Waals surface area contributed by atoms with E-state index >= 15 is 0 Å². The molecule has 1 saturated carbocycles. The Morgan fingerprint density at radius 1 is 1.07 bits per heavy atom. The minimum absolute atomic E-state index is 0.479. The van der Waals surface area contributed by atoms with Gasteiger partial charge in [0, 0.05) is 6.10 Å². The van der Waals surface area contributed by atoms with Gasteiger partial charge in [-0.3, -0.25) is 0 Å². The Balaban J connectivity index is 1.91. The van der Waals surface area contributed by atoms with Crippen LogP contribution in [0, 0.1) is 23.7 Å². The molecule has 0 radical (unpaired) electrons. The zero-order valence-electron chi connectivity index (χ0n) is 20.7. The summed E-state index contributed by atoms with van der Waals surface area (Å²) in [5.74, 6) is 3.13. The van der Waals surface area contributed by atoms with Crippen LogP contribution in [0.1, 0.15) is 77.7 Å². The molecule has 1 aromatic rings. The third-order valence-corrected chi connectivity index (χ3v) is 7.94. The SMILES string of the molecule is CCCC/C=C\CC1[C@@H](O[Si](C)(C)C)C[C@@H](C)[C@@H]1CC[C@@H](C)CCc1ccccc1. The summed E-state index contributed by atoms with van der Waals surface area (Å²) >= 11 is 0. The topological polar surface area (TPSA) is 9.23 Å². The van der Waals surface area contributed by atoms with Crippen LogP contribution in [0.5, 0.6) is 0 Å². The van der Waals surface area contributed by atoms with Gasteiger partial charge < -0.3 is 4.43 Å². The first kappa shape index (κ1) is 25.4. The number of hydrogen-bond donors (Lipinski definition) is 0. The monoisotopic (exact) mass is 428 g/mol. The van der Waals surface area contributed by atoms with Crippen LogP contribution < -0.4 is 0 Å². The summed E-state index contributed by atoms with van der Waals surface area (Å²) < 4.78 is 6.71. The van der Waals surface area contributed by atoms with Gasteiger partial charge >= 0.3 is 0 Å². The van der Waals surface area contributed by atoms with E-state index in [1.165, 1.54) is 63.4 Å². The van der Waals surface area contributed by atoms with Gasteiger partial charge in [-0.2, -0.15) is 0 Å². The van der Waals surface area contributed by atoms with Crippen molar-refractivity contribution in [3.63, 3.8) is 0 Å². The molecule has 1 aliphatic carbocycles. The van der Waals surface area contributed by atoms with Gasteiger partial charge in [-0.05, 0) is 87.4 Å². The quantitative estimate of drug-likeness (QED) is 0.173. The highest BCUT2D eigenvalue weighted by Crippen LogP contribution is 2.45. The van der Waals surface area contributed by atoms with E-state index in [9.17, 15) is 0 Å². The molecule has 1 aliphatic rings. The molecular weight excluding hydrogens is 380 g/mol. The van der Waals surface area contributed by atoms with Crippen molar-refractivity contribution >= 4 is 8.32 Å². The summed E-state index contributed by atoms with van der Waals surface area (Å²) in [6.07, 6.45) is 17.0. The fraction of sp³-hybridized carbons (Fsp3) is 0.714. The first-order valence-corrected chi connectivity index (χ1v) is 16.1. The van der Waals surface area contributed by atoms with Crippen molar-refractivity contribution in [2.75, 3.05) is 0 Å². The van der Waals surface area contributed by atoms with Gasteiger partial charge in [0.1, 0.15) is 0 Å². The second kappa shape index (κ2) is 12.9. The van der Waals surface area contributed by atoms with Gasteiger partial charge in [-0.15, -0.1) is 0 Å². The summed E-state index contributed by atoms with van der Waals surface area (Å²) in [7, 11) is -1.50. The number of hydrogen-bond acceptors (Lipinski definition) is 1. The van der Waals surface area contributed by atoms with Crippen LogP contribution in [-0.4, -0.2) is 14.4 Å². The highest BCUT2D eigenvalue weighted by molar-refractivity contribution is 6.69. The van der Waals surface area contributed by atoms with Crippen LogP contribution in [0.4, 0.5) is 0 Å². The van der Waals surface area contributed by atoms with E-state index < -0.39 is 8.32 Å². The maximum absolute atomic E-state index is 6.71. The van der Waals surface area contributed by atoms with Gasteiger partial charge in [-0.1, -0.05) is 82.5 Å².